The van der Waals surface area contributed by atoms with E-state index in [1.165, 1.54) is 5.56 Å². The van der Waals surface area contributed by atoms with Gasteiger partial charge in [-0.3, -0.25) is 0 Å². The largest absolute Gasteiger partial charge is 0.143 e. The fourth-order valence-corrected chi connectivity index (χ4v) is 2.12. The molecule has 0 saturated heterocycles. The Kier molecular flexibility index (Phi) is 4.97. The summed E-state index contributed by atoms with van der Waals surface area (Å²) in [6, 6.07) is 4.01. The zero-order valence-electron chi connectivity index (χ0n) is 9.57. The highest BCUT2D eigenvalue weighted by Crippen LogP contribution is 2.28. The molecule has 0 aliphatic carbocycles. The van der Waals surface area contributed by atoms with E-state index in [1.54, 1.807) is 6.08 Å². The molecule has 0 unspecified atom stereocenters. The van der Waals surface area contributed by atoms with Crippen LogP contribution in [-0.4, -0.2) is 0 Å². The molecular formula is C14H16S2. The maximum Gasteiger partial charge on any atom is 0.00864 e. The lowest BCUT2D eigenvalue weighted by atomic mass is 10.00. The first-order valence-electron chi connectivity index (χ1n) is 5.08. The van der Waals surface area contributed by atoms with Crippen molar-refractivity contribution in [3.05, 3.63) is 54.1 Å². The second-order valence-corrected chi connectivity index (χ2v) is 4.47. The third kappa shape index (κ3) is 3.06. The summed E-state index contributed by atoms with van der Waals surface area (Å²) in [5, 5.41) is 0. The second kappa shape index (κ2) is 6.02. The number of thiol groups is 2. The summed E-state index contributed by atoms with van der Waals surface area (Å²) < 4.78 is 0. The van der Waals surface area contributed by atoms with Crippen molar-refractivity contribution >= 4 is 30.8 Å². The molecule has 0 amide bonds. The van der Waals surface area contributed by atoms with Crippen molar-refractivity contribution in [2.24, 2.45) is 0 Å². The average molecular weight is 248 g/mol. The van der Waals surface area contributed by atoms with Gasteiger partial charge in [0.1, 0.15) is 0 Å². The van der Waals surface area contributed by atoms with Crippen LogP contribution in [0.25, 0.3) is 5.57 Å². The predicted octanol–water partition coefficient (Wildman–Crippen LogP) is 4.72. The van der Waals surface area contributed by atoms with E-state index in [9.17, 15) is 0 Å². The average Bonchev–Trinajstić information content (AvgIpc) is 2.25. The van der Waals surface area contributed by atoms with Crippen molar-refractivity contribution in [1.29, 1.82) is 0 Å². The third-order valence-electron chi connectivity index (χ3n) is 2.40. The molecule has 0 heterocycles. The molecule has 1 rings (SSSR count). The van der Waals surface area contributed by atoms with Gasteiger partial charge in [-0.1, -0.05) is 30.9 Å². The van der Waals surface area contributed by atoms with E-state index < -0.39 is 0 Å². The highest BCUT2D eigenvalue weighted by Gasteiger charge is 2.05. The van der Waals surface area contributed by atoms with Crippen LogP contribution in [0.1, 0.15) is 18.1 Å². The van der Waals surface area contributed by atoms with Gasteiger partial charge in [-0.05, 0) is 42.7 Å². The lowest BCUT2D eigenvalue weighted by molar-refractivity contribution is 1.22. The van der Waals surface area contributed by atoms with Gasteiger partial charge in [-0.2, -0.15) is 0 Å². The lowest BCUT2D eigenvalue weighted by Gasteiger charge is -2.10. The van der Waals surface area contributed by atoms with E-state index in [1.807, 2.05) is 25.1 Å². The number of allylic oxidation sites excluding steroid dienone is 5. The van der Waals surface area contributed by atoms with Crippen LogP contribution in [0.15, 0.2) is 52.8 Å². The van der Waals surface area contributed by atoms with E-state index in [0.717, 1.165) is 20.9 Å². The molecule has 0 aliphatic rings. The minimum atomic E-state index is 0.928. The molecule has 84 valence electrons. The monoisotopic (exact) mass is 248 g/mol. The molecule has 0 atom stereocenters. The van der Waals surface area contributed by atoms with Gasteiger partial charge in [-0.15, -0.1) is 25.3 Å². The molecule has 0 radical (unpaired) electrons. The molecule has 2 heteroatoms. The molecule has 1 aromatic rings. The fourth-order valence-electron chi connectivity index (χ4n) is 1.50. The molecule has 0 bridgehead atoms. The molecule has 16 heavy (non-hydrogen) atoms. The Hall–Kier alpha value is -0.860. The Morgan fingerprint density at radius 1 is 1.31 bits per heavy atom. The maximum atomic E-state index is 4.44. The van der Waals surface area contributed by atoms with Gasteiger partial charge < -0.3 is 0 Å². The van der Waals surface area contributed by atoms with Gasteiger partial charge in [0, 0.05) is 9.79 Å². The van der Waals surface area contributed by atoms with Crippen LogP contribution in [0, 0.1) is 6.92 Å². The van der Waals surface area contributed by atoms with E-state index >= 15 is 0 Å². The summed E-state index contributed by atoms with van der Waals surface area (Å²) in [5.74, 6) is 0. The number of rotatable bonds is 3. The first-order chi connectivity index (χ1) is 7.60. The number of hydrogen-bond acceptors (Lipinski definition) is 2. The first kappa shape index (κ1) is 13.2. The minimum absolute atomic E-state index is 0.928. The summed E-state index contributed by atoms with van der Waals surface area (Å²) in [6.45, 7) is 7.76. The molecule has 0 aromatic heterocycles. The number of benzene rings is 1. The highest BCUT2D eigenvalue weighted by molar-refractivity contribution is 7.81. The fraction of sp³-hybridized carbons (Fsp3) is 0.143. The molecule has 0 saturated carbocycles. The van der Waals surface area contributed by atoms with Crippen molar-refractivity contribution in [2.75, 3.05) is 0 Å². The normalized spacial score (nSPS) is 12.1. The van der Waals surface area contributed by atoms with E-state index in [2.05, 4.69) is 50.9 Å². The Labute approximate surface area is 109 Å². The smallest absolute Gasteiger partial charge is 0.00864 e. The quantitative estimate of drug-likeness (QED) is 0.561. The summed E-state index contributed by atoms with van der Waals surface area (Å²) >= 11 is 8.82. The Balaban J connectivity index is 3.30. The van der Waals surface area contributed by atoms with Gasteiger partial charge in [0.25, 0.3) is 0 Å². The van der Waals surface area contributed by atoms with E-state index in [0.29, 0.717) is 0 Å². The molecule has 0 N–H and O–H groups in total. The van der Waals surface area contributed by atoms with Crippen molar-refractivity contribution < 1.29 is 0 Å². The van der Waals surface area contributed by atoms with Crippen LogP contribution in [0.3, 0.4) is 0 Å². The summed E-state index contributed by atoms with van der Waals surface area (Å²) in [6.07, 6.45) is 7.81. The SMILES string of the molecule is C=C/C=C\C(=C/C)c1cc(S)cc(S)c1C. The Bertz CT molecular complexity index is 454. The van der Waals surface area contributed by atoms with Crippen LogP contribution < -0.4 is 0 Å². The zero-order valence-corrected chi connectivity index (χ0v) is 11.4. The second-order valence-electron chi connectivity index (χ2n) is 3.48. The molecular weight excluding hydrogens is 232 g/mol. The summed E-state index contributed by atoms with van der Waals surface area (Å²) in [5.41, 5.74) is 3.49. The van der Waals surface area contributed by atoms with Crippen LogP contribution in [0.5, 0.6) is 0 Å². The van der Waals surface area contributed by atoms with Gasteiger partial charge in [0.15, 0.2) is 0 Å². The van der Waals surface area contributed by atoms with Crippen LogP contribution in [0.4, 0.5) is 0 Å². The predicted molar refractivity (Wildman–Crippen MR) is 78.7 cm³/mol. The molecule has 0 spiro atoms. The molecule has 0 fully saturated rings. The molecule has 0 aliphatic heterocycles. The van der Waals surface area contributed by atoms with Crippen molar-refractivity contribution in [2.45, 2.75) is 23.6 Å². The third-order valence-corrected chi connectivity index (χ3v) is 3.12. The Morgan fingerprint density at radius 2 is 2.00 bits per heavy atom. The van der Waals surface area contributed by atoms with Gasteiger partial charge in [-0.25, -0.2) is 0 Å². The van der Waals surface area contributed by atoms with E-state index in [-0.39, 0.29) is 0 Å². The van der Waals surface area contributed by atoms with Crippen molar-refractivity contribution in [3.8, 4) is 0 Å². The summed E-state index contributed by atoms with van der Waals surface area (Å²) in [4.78, 5) is 1.89. The Morgan fingerprint density at radius 3 is 2.56 bits per heavy atom. The standard InChI is InChI=1S/C14H16S2/c1-4-6-7-11(5-2)13-8-12(15)9-14(16)10(13)3/h4-9,15-16H,1H2,2-3H3/b7-6-,11-5+. The number of hydrogen-bond donors (Lipinski definition) is 2. The van der Waals surface area contributed by atoms with Crippen molar-refractivity contribution in [3.63, 3.8) is 0 Å². The lowest BCUT2D eigenvalue weighted by Crippen LogP contribution is -1.89. The van der Waals surface area contributed by atoms with Crippen LogP contribution >= 0.6 is 25.3 Å². The molecule has 1 aromatic carbocycles. The van der Waals surface area contributed by atoms with Gasteiger partial charge >= 0.3 is 0 Å². The van der Waals surface area contributed by atoms with Gasteiger partial charge in [0.05, 0.1) is 0 Å². The highest BCUT2D eigenvalue weighted by atomic mass is 32.1. The first-order valence-corrected chi connectivity index (χ1v) is 5.98. The zero-order chi connectivity index (χ0) is 12.1. The summed E-state index contributed by atoms with van der Waals surface area (Å²) in [7, 11) is 0. The van der Waals surface area contributed by atoms with Crippen LogP contribution in [-0.2, 0) is 0 Å². The van der Waals surface area contributed by atoms with Crippen LogP contribution in [0.2, 0.25) is 0 Å². The van der Waals surface area contributed by atoms with E-state index in [4.69, 9.17) is 0 Å². The van der Waals surface area contributed by atoms with Gasteiger partial charge in [0.2, 0.25) is 0 Å². The van der Waals surface area contributed by atoms with Crippen molar-refractivity contribution in [1.82, 2.24) is 0 Å². The minimum Gasteiger partial charge on any atom is -0.143 e. The topological polar surface area (TPSA) is 0 Å². The molecule has 0 nitrogen and oxygen atoms in total. The maximum absolute atomic E-state index is 4.44.